The van der Waals surface area contributed by atoms with Gasteiger partial charge < -0.3 is 24.1 Å². The van der Waals surface area contributed by atoms with Crippen molar-refractivity contribution in [3.05, 3.63) is 17.7 Å². The number of phenolic OH excluding ortho intramolecular Hbond substituents is 1. The predicted molar refractivity (Wildman–Crippen MR) is 75.0 cm³/mol. The van der Waals surface area contributed by atoms with E-state index >= 15 is 0 Å². The Labute approximate surface area is 132 Å². The first-order valence-corrected chi connectivity index (χ1v) is 7.46. The van der Waals surface area contributed by atoms with Crippen molar-refractivity contribution in [2.45, 2.75) is 44.7 Å². The smallest absolute Gasteiger partial charge is 0.308 e. The van der Waals surface area contributed by atoms with Crippen LogP contribution < -0.4 is 9.47 Å². The molecule has 1 aromatic rings. The maximum absolute atomic E-state index is 11.6. The number of ether oxygens (including phenoxy) is 4. The van der Waals surface area contributed by atoms with E-state index in [1.54, 1.807) is 13.0 Å². The molecular formula is C16H16O7. The van der Waals surface area contributed by atoms with Crippen LogP contribution in [0.15, 0.2) is 12.1 Å². The molecule has 122 valence electrons. The van der Waals surface area contributed by atoms with Gasteiger partial charge in [0.2, 0.25) is 5.79 Å². The fraction of sp³-hybridized carbons (Fsp3) is 0.500. The van der Waals surface area contributed by atoms with Gasteiger partial charge in [-0.15, -0.1) is 0 Å². The fourth-order valence-corrected chi connectivity index (χ4v) is 3.67. The number of carbonyl (C=O) groups excluding carboxylic acids is 2. The third-order valence-electron chi connectivity index (χ3n) is 4.61. The van der Waals surface area contributed by atoms with Crippen LogP contribution in [-0.4, -0.2) is 35.0 Å². The van der Waals surface area contributed by atoms with Gasteiger partial charge in [-0.25, -0.2) is 0 Å². The lowest BCUT2D eigenvalue weighted by atomic mass is 9.89. The molecule has 1 N–H and O–H groups in total. The molecule has 1 aromatic carbocycles. The molecule has 4 atom stereocenters. The van der Waals surface area contributed by atoms with Gasteiger partial charge in [0.05, 0.1) is 12.3 Å². The summed E-state index contributed by atoms with van der Waals surface area (Å²) in [5.41, 5.74) is 0.594. The standard InChI is InChI=1S/C16H16O7/c1-7(17)20-8-3-11(18)9-5-13-15(21-12(9)4-8)10-6-14(19)23-16(10,2)22-13/h3-4,10,13,15,18H,5-6H2,1-2H3. The first-order valence-electron chi connectivity index (χ1n) is 7.46. The van der Waals surface area contributed by atoms with Crippen molar-refractivity contribution >= 4 is 11.9 Å². The number of benzene rings is 1. The van der Waals surface area contributed by atoms with Gasteiger partial charge in [-0.2, -0.15) is 0 Å². The Bertz CT molecular complexity index is 713. The van der Waals surface area contributed by atoms with Gasteiger partial charge in [-0.1, -0.05) is 0 Å². The van der Waals surface area contributed by atoms with Gasteiger partial charge in [-0.05, 0) is 0 Å². The molecule has 0 radical (unpaired) electrons. The van der Waals surface area contributed by atoms with E-state index in [4.69, 9.17) is 18.9 Å². The van der Waals surface area contributed by atoms with Gasteiger partial charge in [0.15, 0.2) is 0 Å². The number of aromatic hydroxyl groups is 1. The number of esters is 2. The highest BCUT2D eigenvalue weighted by atomic mass is 16.7. The lowest BCUT2D eigenvalue weighted by molar-refractivity contribution is -0.206. The van der Waals surface area contributed by atoms with Crippen LogP contribution in [0.2, 0.25) is 0 Å². The maximum atomic E-state index is 11.6. The zero-order valence-corrected chi connectivity index (χ0v) is 12.7. The van der Waals surface area contributed by atoms with E-state index in [1.807, 2.05) is 0 Å². The predicted octanol–water partition coefficient (Wildman–Crippen LogP) is 1.30. The average molecular weight is 320 g/mol. The zero-order chi connectivity index (χ0) is 16.4. The summed E-state index contributed by atoms with van der Waals surface area (Å²) in [6, 6.07) is 2.95. The number of carbonyl (C=O) groups is 2. The molecule has 23 heavy (non-hydrogen) atoms. The van der Waals surface area contributed by atoms with Crippen LogP contribution in [-0.2, 0) is 25.5 Å². The van der Waals surface area contributed by atoms with E-state index in [9.17, 15) is 14.7 Å². The van der Waals surface area contributed by atoms with Crippen molar-refractivity contribution < 1.29 is 33.6 Å². The van der Waals surface area contributed by atoms with Crippen LogP contribution in [0.3, 0.4) is 0 Å². The summed E-state index contributed by atoms with van der Waals surface area (Å²) in [5, 5.41) is 10.2. The maximum Gasteiger partial charge on any atom is 0.308 e. The van der Waals surface area contributed by atoms with Gasteiger partial charge >= 0.3 is 11.9 Å². The van der Waals surface area contributed by atoms with Crippen molar-refractivity contribution in [3.63, 3.8) is 0 Å². The Morgan fingerprint density at radius 1 is 1.39 bits per heavy atom. The zero-order valence-electron chi connectivity index (χ0n) is 12.7. The number of hydrogen-bond donors (Lipinski definition) is 1. The highest BCUT2D eigenvalue weighted by Crippen LogP contribution is 2.50. The summed E-state index contributed by atoms with van der Waals surface area (Å²) in [7, 11) is 0. The summed E-state index contributed by atoms with van der Waals surface area (Å²) in [4.78, 5) is 22.6. The normalized spacial score (nSPS) is 34.0. The lowest BCUT2D eigenvalue weighted by Crippen LogP contribution is -2.38. The van der Waals surface area contributed by atoms with Crippen LogP contribution in [0.5, 0.6) is 17.2 Å². The van der Waals surface area contributed by atoms with Crippen molar-refractivity contribution in [3.8, 4) is 17.2 Å². The van der Waals surface area contributed by atoms with E-state index in [-0.39, 0.29) is 42.0 Å². The molecule has 0 saturated carbocycles. The molecular weight excluding hydrogens is 304 g/mol. The Hall–Kier alpha value is -2.28. The van der Waals surface area contributed by atoms with Gasteiger partial charge in [0, 0.05) is 38.0 Å². The molecule has 0 bridgehead atoms. The highest BCUT2D eigenvalue weighted by molar-refractivity contribution is 5.73. The van der Waals surface area contributed by atoms with Crippen LogP contribution >= 0.6 is 0 Å². The molecule has 7 nitrogen and oxygen atoms in total. The second kappa shape index (κ2) is 4.61. The largest absolute Gasteiger partial charge is 0.507 e. The second-order valence-electron chi connectivity index (χ2n) is 6.26. The van der Waals surface area contributed by atoms with Gasteiger partial charge in [0.25, 0.3) is 0 Å². The molecule has 0 spiro atoms. The molecule has 0 amide bonds. The van der Waals surface area contributed by atoms with Crippen molar-refractivity contribution in [1.82, 2.24) is 0 Å². The quantitative estimate of drug-likeness (QED) is 0.616. The number of rotatable bonds is 1. The molecule has 3 aliphatic heterocycles. The van der Waals surface area contributed by atoms with Gasteiger partial charge in [0.1, 0.15) is 29.5 Å². The van der Waals surface area contributed by atoms with E-state index in [0.717, 1.165) is 0 Å². The monoisotopic (exact) mass is 320 g/mol. The number of fused-ring (bicyclic) bond motifs is 4. The van der Waals surface area contributed by atoms with E-state index in [2.05, 4.69) is 0 Å². The highest BCUT2D eigenvalue weighted by Gasteiger charge is 2.61. The molecule has 7 heteroatoms. The number of phenols is 1. The lowest BCUT2D eigenvalue weighted by Gasteiger charge is -2.30. The minimum absolute atomic E-state index is 0.0139. The third-order valence-corrected chi connectivity index (χ3v) is 4.61. The van der Waals surface area contributed by atoms with Crippen LogP contribution in [0, 0.1) is 5.92 Å². The van der Waals surface area contributed by atoms with Crippen LogP contribution in [0.1, 0.15) is 25.8 Å². The Kier molecular flexibility index (Phi) is 2.87. The summed E-state index contributed by atoms with van der Waals surface area (Å²) in [6.07, 6.45) is 0.0420. The summed E-state index contributed by atoms with van der Waals surface area (Å²) >= 11 is 0. The minimum Gasteiger partial charge on any atom is -0.507 e. The summed E-state index contributed by atoms with van der Waals surface area (Å²) in [5.74, 6) is -1.33. The fourth-order valence-electron chi connectivity index (χ4n) is 3.67. The van der Waals surface area contributed by atoms with Crippen LogP contribution in [0.4, 0.5) is 0 Å². The van der Waals surface area contributed by atoms with Crippen LogP contribution in [0.25, 0.3) is 0 Å². The molecule has 4 rings (SSSR count). The first kappa shape index (κ1) is 14.3. The van der Waals surface area contributed by atoms with E-state index < -0.39 is 11.8 Å². The molecule has 2 saturated heterocycles. The summed E-state index contributed by atoms with van der Waals surface area (Å²) in [6.45, 7) is 3.02. The topological polar surface area (TPSA) is 91.3 Å². The first-order chi connectivity index (χ1) is 10.9. The molecule has 3 heterocycles. The van der Waals surface area contributed by atoms with Crippen molar-refractivity contribution in [2.24, 2.45) is 5.92 Å². The Morgan fingerprint density at radius 2 is 2.17 bits per heavy atom. The SMILES string of the molecule is CC(=O)Oc1cc(O)c2c(c1)OC1C(C2)OC2(C)OC(=O)CC12. The molecule has 2 fully saturated rings. The molecule has 0 aliphatic carbocycles. The van der Waals surface area contributed by atoms with Gasteiger partial charge in [-0.3, -0.25) is 9.59 Å². The average Bonchev–Trinajstić information content (AvgIpc) is 2.85. The second-order valence-corrected chi connectivity index (χ2v) is 6.26. The Morgan fingerprint density at radius 3 is 2.91 bits per heavy atom. The van der Waals surface area contributed by atoms with E-state index in [0.29, 0.717) is 17.7 Å². The minimum atomic E-state index is -0.983. The third kappa shape index (κ3) is 2.15. The van der Waals surface area contributed by atoms with Crippen molar-refractivity contribution in [2.75, 3.05) is 0 Å². The van der Waals surface area contributed by atoms with E-state index in [1.165, 1.54) is 13.0 Å². The molecule has 0 aromatic heterocycles. The molecule has 4 unspecified atom stereocenters. The number of hydrogen-bond acceptors (Lipinski definition) is 7. The van der Waals surface area contributed by atoms with Crippen molar-refractivity contribution in [1.29, 1.82) is 0 Å². The Balaban J connectivity index is 1.67. The molecule has 3 aliphatic rings. The summed E-state index contributed by atoms with van der Waals surface area (Å²) < 4.78 is 22.2.